The molecule has 1 fully saturated rings. The molecule has 0 bridgehead atoms. The first-order chi connectivity index (χ1) is 19.2. The third-order valence-corrected chi connectivity index (χ3v) is 7.36. The Hall–Kier alpha value is -4.45. The van der Waals surface area contributed by atoms with Gasteiger partial charge in [-0.1, -0.05) is 0 Å². The van der Waals surface area contributed by atoms with Gasteiger partial charge in [-0.25, -0.2) is 14.5 Å². The summed E-state index contributed by atoms with van der Waals surface area (Å²) in [4.78, 5) is 29.7. The Balaban J connectivity index is 1.30. The highest BCUT2D eigenvalue weighted by Crippen LogP contribution is 2.32. The number of likely N-dealkylation sites (N-methyl/N-ethyl adjacent to an activating group) is 1. The number of rotatable bonds is 5. The molecular formula is C28H27F3N8O. The predicted octanol–water partition coefficient (Wildman–Crippen LogP) is 4.37. The van der Waals surface area contributed by atoms with E-state index < -0.39 is 18.1 Å². The second kappa shape index (κ2) is 9.94. The zero-order chi connectivity index (χ0) is 28.0. The molecule has 5 aromatic heterocycles. The fourth-order valence-electron chi connectivity index (χ4n) is 4.86. The fraction of sp³-hybridized carbons (Fsp3) is 0.286. The van der Waals surface area contributed by atoms with Gasteiger partial charge in [0.05, 0.1) is 17.3 Å². The summed E-state index contributed by atoms with van der Waals surface area (Å²) in [5, 5.41) is 7.00. The van der Waals surface area contributed by atoms with E-state index in [1.54, 1.807) is 18.5 Å². The Morgan fingerprint density at radius 3 is 2.50 bits per heavy atom. The van der Waals surface area contributed by atoms with Crippen molar-refractivity contribution in [3.05, 3.63) is 66.9 Å². The number of hydrogen-bond acceptors (Lipinski definition) is 6. The predicted molar refractivity (Wildman–Crippen MR) is 146 cm³/mol. The van der Waals surface area contributed by atoms with E-state index in [0.717, 1.165) is 66.6 Å². The van der Waals surface area contributed by atoms with Crippen LogP contribution >= 0.6 is 0 Å². The summed E-state index contributed by atoms with van der Waals surface area (Å²) in [7, 11) is 2.12. The van der Waals surface area contributed by atoms with Gasteiger partial charge in [0.1, 0.15) is 17.5 Å². The normalized spacial score (nSPS) is 15.6. The molecule has 0 aromatic carbocycles. The number of aromatic amines is 1. The molecule has 0 spiro atoms. The Labute approximate surface area is 227 Å². The molecule has 0 saturated carbocycles. The molecule has 1 aliphatic rings. The van der Waals surface area contributed by atoms with E-state index >= 15 is 0 Å². The van der Waals surface area contributed by atoms with E-state index in [0.29, 0.717) is 11.2 Å². The molecule has 0 radical (unpaired) electrons. The van der Waals surface area contributed by atoms with Gasteiger partial charge in [-0.15, -0.1) is 0 Å². The summed E-state index contributed by atoms with van der Waals surface area (Å²) < 4.78 is 40.4. The highest BCUT2D eigenvalue weighted by Gasteiger charge is 2.37. The number of fused-ring (bicyclic) bond motifs is 2. The number of halogens is 3. The van der Waals surface area contributed by atoms with Crippen molar-refractivity contribution in [2.24, 2.45) is 0 Å². The summed E-state index contributed by atoms with van der Waals surface area (Å²) in [5.41, 5.74) is 4.58. The van der Waals surface area contributed by atoms with Crippen molar-refractivity contribution in [1.82, 2.24) is 34.8 Å². The lowest BCUT2D eigenvalue weighted by molar-refractivity contribution is -0.149. The van der Waals surface area contributed by atoms with Crippen molar-refractivity contribution in [1.29, 1.82) is 0 Å². The van der Waals surface area contributed by atoms with Crippen molar-refractivity contribution in [3.8, 4) is 22.3 Å². The SMILES string of the molecule is C[C@@H](NC(=O)c1cnn2ccc(-c3c[nH]c4ncc(-c5ccc(N6CCN(C)CC6)nc5)cc34)cc12)C(F)(F)F. The molecule has 2 N–H and O–H groups in total. The zero-order valence-corrected chi connectivity index (χ0v) is 21.9. The van der Waals surface area contributed by atoms with Gasteiger partial charge in [0.15, 0.2) is 0 Å². The van der Waals surface area contributed by atoms with Crippen LogP contribution in [0.5, 0.6) is 0 Å². The molecule has 1 atom stereocenters. The van der Waals surface area contributed by atoms with Gasteiger partial charge >= 0.3 is 6.18 Å². The maximum atomic E-state index is 13.0. The second-order valence-electron chi connectivity index (χ2n) is 10.1. The van der Waals surface area contributed by atoms with Crippen LogP contribution < -0.4 is 10.2 Å². The maximum absolute atomic E-state index is 13.0. The number of anilines is 1. The third-order valence-electron chi connectivity index (χ3n) is 7.36. The van der Waals surface area contributed by atoms with Crippen LogP contribution in [0.3, 0.4) is 0 Å². The molecule has 1 amide bonds. The summed E-state index contributed by atoms with van der Waals surface area (Å²) in [6.07, 6.45) is 3.87. The Bertz CT molecular complexity index is 1680. The number of H-pyrrole nitrogens is 1. The average molecular weight is 549 g/mol. The van der Waals surface area contributed by atoms with Crippen molar-refractivity contribution < 1.29 is 18.0 Å². The fourth-order valence-corrected chi connectivity index (χ4v) is 4.86. The summed E-state index contributed by atoms with van der Waals surface area (Å²) in [6.45, 7) is 4.79. The van der Waals surface area contributed by atoms with Crippen LogP contribution in [0.4, 0.5) is 19.0 Å². The van der Waals surface area contributed by atoms with E-state index in [9.17, 15) is 18.0 Å². The number of hydrogen-bond donors (Lipinski definition) is 2. The molecule has 1 saturated heterocycles. The van der Waals surface area contributed by atoms with Crippen LogP contribution in [0.25, 0.3) is 38.8 Å². The van der Waals surface area contributed by atoms with E-state index in [1.165, 1.54) is 10.7 Å². The van der Waals surface area contributed by atoms with Gasteiger partial charge in [0.25, 0.3) is 5.91 Å². The quantitative estimate of drug-likeness (QED) is 0.339. The average Bonchev–Trinajstić information content (AvgIpc) is 3.56. The molecule has 0 aliphatic carbocycles. The van der Waals surface area contributed by atoms with E-state index in [2.05, 4.69) is 31.9 Å². The van der Waals surface area contributed by atoms with Gasteiger partial charge in [-0.2, -0.15) is 18.3 Å². The van der Waals surface area contributed by atoms with Gasteiger partial charge in [0, 0.05) is 73.0 Å². The Kier molecular flexibility index (Phi) is 6.41. The number of carbonyl (C=O) groups excluding carboxylic acids is 1. The molecular weight excluding hydrogens is 521 g/mol. The Morgan fingerprint density at radius 1 is 1.00 bits per heavy atom. The van der Waals surface area contributed by atoms with Gasteiger partial charge in [-0.05, 0) is 49.9 Å². The van der Waals surface area contributed by atoms with E-state index in [-0.39, 0.29) is 5.56 Å². The largest absolute Gasteiger partial charge is 0.408 e. The summed E-state index contributed by atoms with van der Waals surface area (Å²) in [5.74, 6) is 0.110. The van der Waals surface area contributed by atoms with E-state index in [4.69, 9.17) is 4.98 Å². The van der Waals surface area contributed by atoms with Crippen LogP contribution in [0, 0.1) is 0 Å². The van der Waals surface area contributed by atoms with Crippen LogP contribution in [-0.2, 0) is 0 Å². The summed E-state index contributed by atoms with van der Waals surface area (Å²) >= 11 is 0. The minimum absolute atomic E-state index is 0.0584. The van der Waals surface area contributed by atoms with Crippen molar-refractivity contribution in [3.63, 3.8) is 0 Å². The second-order valence-corrected chi connectivity index (χ2v) is 10.1. The van der Waals surface area contributed by atoms with Crippen LogP contribution in [-0.4, -0.2) is 80.8 Å². The molecule has 206 valence electrons. The minimum atomic E-state index is -4.54. The smallest absolute Gasteiger partial charge is 0.354 e. The topological polar surface area (TPSA) is 94.5 Å². The molecule has 5 aromatic rings. The lowest BCUT2D eigenvalue weighted by Gasteiger charge is -2.33. The number of aromatic nitrogens is 5. The number of nitrogens with one attached hydrogen (secondary N) is 2. The molecule has 0 unspecified atom stereocenters. The van der Waals surface area contributed by atoms with Crippen LogP contribution in [0.2, 0.25) is 0 Å². The first-order valence-electron chi connectivity index (χ1n) is 12.9. The van der Waals surface area contributed by atoms with Crippen LogP contribution in [0.1, 0.15) is 17.3 Å². The van der Waals surface area contributed by atoms with Gasteiger partial charge in [0.2, 0.25) is 0 Å². The lowest BCUT2D eigenvalue weighted by atomic mass is 10.0. The van der Waals surface area contributed by atoms with Gasteiger partial charge < -0.3 is 20.1 Å². The molecule has 12 heteroatoms. The number of nitrogens with zero attached hydrogens (tertiary/aromatic N) is 6. The Morgan fingerprint density at radius 2 is 1.77 bits per heavy atom. The molecule has 6 heterocycles. The van der Waals surface area contributed by atoms with Gasteiger partial charge in [-0.3, -0.25) is 4.79 Å². The number of carbonyl (C=O) groups is 1. The molecule has 6 rings (SSSR count). The van der Waals surface area contributed by atoms with Crippen molar-refractivity contribution >= 4 is 28.3 Å². The first kappa shape index (κ1) is 25.8. The van der Waals surface area contributed by atoms with Crippen molar-refractivity contribution in [2.75, 3.05) is 38.1 Å². The summed E-state index contributed by atoms with van der Waals surface area (Å²) in [6, 6.07) is 7.69. The first-order valence-corrected chi connectivity index (χ1v) is 12.9. The highest BCUT2D eigenvalue weighted by molar-refractivity contribution is 6.02. The number of pyridine rings is 3. The standard InChI is InChI=1S/C28H27F3N8O/c1-17(28(29,30)31)36-27(40)23-16-35-39-6-5-18(12-24(23)39)22-15-34-26-21(22)11-20(14-33-26)19-3-4-25(32-13-19)38-9-7-37(2)8-10-38/h3-6,11-17H,7-10H2,1-2H3,(H,33,34)(H,36,40)/t17-/m1/s1. The number of amides is 1. The van der Waals surface area contributed by atoms with Crippen molar-refractivity contribution in [2.45, 2.75) is 19.1 Å². The third kappa shape index (κ3) is 4.86. The highest BCUT2D eigenvalue weighted by atomic mass is 19.4. The monoisotopic (exact) mass is 548 g/mol. The maximum Gasteiger partial charge on any atom is 0.408 e. The number of piperazine rings is 1. The minimum Gasteiger partial charge on any atom is -0.354 e. The van der Waals surface area contributed by atoms with E-state index in [1.807, 2.05) is 42.0 Å². The number of alkyl halides is 3. The molecule has 40 heavy (non-hydrogen) atoms. The lowest BCUT2D eigenvalue weighted by Crippen LogP contribution is -2.44. The zero-order valence-electron chi connectivity index (χ0n) is 21.9. The van der Waals surface area contributed by atoms with Crippen LogP contribution in [0.15, 0.2) is 61.3 Å². The molecule has 1 aliphatic heterocycles. The molecule has 9 nitrogen and oxygen atoms in total.